The first kappa shape index (κ1) is 25.7. The normalized spacial score (nSPS) is 16.4. The molecule has 0 spiro atoms. The van der Waals surface area contributed by atoms with Crippen LogP contribution in [0.15, 0.2) is 44.9 Å². The Bertz CT molecular complexity index is 1510. The quantitative estimate of drug-likeness (QED) is 0.418. The molecule has 1 aliphatic heterocycles. The molecule has 1 aliphatic rings. The number of sulfone groups is 1. The minimum absolute atomic E-state index is 0.0515. The first-order chi connectivity index (χ1) is 16.4. The number of anilines is 1. The van der Waals surface area contributed by atoms with Crippen molar-refractivity contribution in [2.45, 2.75) is 22.8 Å². The number of aromatic amines is 1. The van der Waals surface area contributed by atoms with Crippen molar-refractivity contribution in [1.82, 2.24) is 9.88 Å². The minimum Gasteiger partial charge on any atom is -0.351 e. The number of para-hydroxylation sites is 1. The van der Waals surface area contributed by atoms with E-state index in [-0.39, 0.29) is 34.1 Å². The van der Waals surface area contributed by atoms with Crippen molar-refractivity contribution in [2.75, 3.05) is 36.9 Å². The average molecular weight is 555 g/mol. The van der Waals surface area contributed by atoms with E-state index >= 15 is 0 Å². The van der Waals surface area contributed by atoms with E-state index in [4.69, 9.17) is 0 Å². The average Bonchev–Trinajstić information content (AvgIpc) is 3.50. The zero-order chi connectivity index (χ0) is 25.4. The number of nitrogens with one attached hydrogen (secondary N) is 2. The third-order valence-electron chi connectivity index (χ3n) is 5.53. The molecule has 1 unspecified atom stereocenters. The molecule has 188 valence electrons. The Morgan fingerprint density at radius 3 is 2.71 bits per heavy atom. The maximum Gasteiger partial charge on any atom is 0.271 e. The second-order valence-corrected chi connectivity index (χ2v) is 14.8. The Hall–Kier alpha value is -2.35. The number of hydrogen-bond donors (Lipinski definition) is 2. The van der Waals surface area contributed by atoms with Gasteiger partial charge in [-0.05, 0) is 36.1 Å². The predicted molar refractivity (Wildman–Crippen MR) is 143 cm³/mol. The van der Waals surface area contributed by atoms with Crippen LogP contribution in [0.5, 0.6) is 0 Å². The smallest absolute Gasteiger partial charge is 0.271 e. The van der Waals surface area contributed by atoms with Gasteiger partial charge in [-0.2, -0.15) is 0 Å². The molecule has 9 nitrogen and oxygen atoms in total. The molecule has 3 heterocycles. The third kappa shape index (κ3) is 6.08. The number of rotatable bonds is 9. The lowest BCUT2D eigenvalue weighted by Crippen LogP contribution is -2.33. The van der Waals surface area contributed by atoms with E-state index in [1.807, 2.05) is 12.1 Å². The van der Waals surface area contributed by atoms with Crippen molar-refractivity contribution in [3.8, 4) is 0 Å². The van der Waals surface area contributed by atoms with E-state index in [1.165, 1.54) is 28.0 Å². The maximum absolute atomic E-state index is 12.9. The molecule has 1 atom stereocenters. The fourth-order valence-electron chi connectivity index (χ4n) is 3.63. The number of amides is 1. The van der Waals surface area contributed by atoms with Crippen molar-refractivity contribution in [3.05, 3.63) is 47.0 Å². The van der Waals surface area contributed by atoms with Gasteiger partial charge >= 0.3 is 0 Å². The Labute approximate surface area is 213 Å². The second-order valence-electron chi connectivity index (χ2n) is 8.48. The summed E-state index contributed by atoms with van der Waals surface area (Å²) in [6.45, 7) is 2.39. The largest absolute Gasteiger partial charge is 0.351 e. The van der Waals surface area contributed by atoms with Gasteiger partial charge < -0.3 is 9.88 Å². The molecule has 1 amide bonds. The van der Waals surface area contributed by atoms with Gasteiger partial charge in [-0.1, -0.05) is 23.9 Å². The van der Waals surface area contributed by atoms with Crippen LogP contribution in [0.4, 0.5) is 5.69 Å². The standard InChI is InChI=1S/C22H26N4O5S4/c1-14-7-9-32-22(14)35(30,31)25-17-6-4-5-15-11-18(24-20(15)17)21-23-13-16(33-21)12-19(27)26(2)8-10-34(3,28)29/h4-7,9,11,16,24-25H,8,10,12-13H2,1-3H3. The maximum atomic E-state index is 12.9. The number of H-pyrrole nitrogens is 1. The zero-order valence-corrected chi connectivity index (χ0v) is 22.7. The molecule has 3 aromatic rings. The van der Waals surface area contributed by atoms with Crippen LogP contribution in [0.1, 0.15) is 17.7 Å². The topological polar surface area (TPSA) is 129 Å². The van der Waals surface area contributed by atoms with Gasteiger partial charge in [0.05, 0.1) is 29.2 Å². The number of aromatic nitrogens is 1. The summed E-state index contributed by atoms with van der Waals surface area (Å²) in [4.78, 5) is 21.8. The number of carbonyl (C=O) groups excluding carboxylic acids is 1. The molecule has 0 radical (unpaired) electrons. The summed E-state index contributed by atoms with van der Waals surface area (Å²) in [6, 6.07) is 9.07. The molecule has 0 aliphatic carbocycles. The summed E-state index contributed by atoms with van der Waals surface area (Å²) in [7, 11) is -5.24. The Balaban J connectivity index is 1.45. The monoisotopic (exact) mass is 554 g/mol. The number of nitrogens with zero attached hydrogens (tertiary/aromatic N) is 2. The first-order valence-electron chi connectivity index (χ1n) is 10.7. The van der Waals surface area contributed by atoms with E-state index < -0.39 is 19.9 Å². The highest BCUT2D eigenvalue weighted by Crippen LogP contribution is 2.33. The Morgan fingerprint density at radius 1 is 1.26 bits per heavy atom. The number of aryl methyl sites for hydroxylation is 1. The van der Waals surface area contributed by atoms with Crippen molar-refractivity contribution in [1.29, 1.82) is 0 Å². The van der Waals surface area contributed by atoms with Crippen LogP contribution in [0.2, 0.25) is 0 Å². The number of fused-ring (bicyclic) bond motifs is 1. The molecule has 13 heteroatoms. The van der Waals surface area contributed by atoms with Gasteiger partial charge in [0.2, 0.25) is 5.91 Å². The lowest BCUT2D eigenvalue weighted by molar-refractivity contribution is -0.129. The third-order valence-corrected chi connectivity index (χ3v) is 10.7. The number of thiophene rings is 1. The highest BCUT2D eigenvalue weighted by atomic mass is 32.2. The summed E-state index contributed by atoms with van der Waals surface area (Å²) in [5.74, 6) is -0.193. The van der Waals surface area contributed by atoms with E-state index in [2.05, 4.69) is 14.7 Å². The number of sulfonamides is 1. The molecule has 2 aromatic heterocycles. The second kappa shape index (κ2) is 9.96. The van der Waals surface area contributed by atoms with Crippen molar-refractivity contribution < 1.29 is 21.6 Å². The van der Waals surface area contributed by atoms with Gasteiger partial charge in [-0.15, -0.1) is 11.3 Å². The SMILES string of the molecule is Cc1ccsc1S(=O)(=O)Nc1cccc2cc(C3=NCC(CC(=O)N(C)CCS(C)(=O)=O)S3)[nH]c12. The molecule has 0 saturated carbocycles. The molecule has 4 rings (SSSR count). The summed E-state index contributed by atoms with van der Waals surface area (Å²) in [5.41, 5.74) is 2.55. The van der Waals surface area contributed by atoms with Crippen LogP contribution in [-0.4, -0.2) is 75.1 Å². The van der Waals surface area contributed by atoms with Crippen LogP contribution in [0.25, 0.3) is 10.9 Å². The van der Waals surface area contributed by atoms with Crippen molar-refractivity contribution >= 4 is 70.5 Å². The minimum atomic E-state index is -3.71. The van der Waals surface area contributed by atoms with Crippen LogP contribution >= 0.6 is 23.1 Å². The van der Waals surface area contributed by atoms with Gasteiger partial charge in [0.1, 0.15) is 19.1 Å². The molecular formula is C22H26N4O5S4. The Kier molecular flexibility index (Phi) is 7.32. The summed E-state index contributed by atoms with van der Waals surface area (Å²) in [6.07, 6.45) is 1.40. The number of benzene rings is 1. The lowest BCUT2D eigenvalue weighted by Gasteiger charge is -2.18. The van der Waals surface area contributed by atoms with Crippen LogP contribution < -0.4 is 4.72 Å². The molecular weight excluding hydrogens is 529 g/mol. The molecule has 0 fully saturated rings. The van der Waals surface area contributed by atoms with Crippen LogP contribution in [-0.2, 0) is 24.7 Å². The molecule has 2 N–H and O–H groups in total. The highest BCUT2D eigenvalue weighted by Gasteiger charge is 2.26. The Morgan fingerprint density at radius 2 is 2.03 bits per heavy atom. The summed E-state index contributed by atoms with van der Waals surface area (Å²) < 4.78 is 51.4. The number of thioether (sulfide) groups is 1. The van der Waals surface area contributed by atoms with E-state index in [1.54, 1.807) is 37.6 Å². The van der Waals surface area contributed by atoms with Gasteiger partial charge in [-0.3, -0.25) is 14.5 Å². The van der Waals surface area contributed by atoms with Gasteiger partial charge in [0.25, 0.3) is 10.0 Å². The molecule has 1 aromatic carbocycles. The number of carbonyl (C=O) groups is 1. The molecule has 35 heavy (non-hydrogen) atoms. The molecule has 0 saturated heterocycles. The van der Waals surface area contributed by atoms with Gasteiger partial charge in [0, 0.05) is 36.9 Å². The number of hydrogen-bond acceptors (Lipinski definition) is 8. The van der Waals surface area contributed by atoms with E-state index in [0.29, 0.717) is 23.3 Å². The summed E-state index contributed by atoms with van der Waals surface area (Å²) in [5, 5.41) is 3.29. The zero-order valence-electron chi connectivity index (χ0n) is 19.4. The fourth-order valence-corrected chi connectivity index (χ4v) is 7.81. The first-order valence-corrected chi connectivity index (χ1v) is 16.0. The van der Waals surface area contributed by atoms with Crippen molar-refractivity contribution in [3.63, 3.8) is 0 Å². The van der Waals surface area contributed by atoms with E-state index in [9.17, 15) is 21.6 Å². The number of aliphatic imine (C=N–C) groups is 1. The van der Waals surface area contributed by atoms with Crippen LogP contribution in [0.3, 0.4) is 0 Å². The molecule has 0 bridgehead atoms. The van der Waals surface area contributed by atoms with E-state index in [0.717, 1.165) is 22.4 Å². The van der Waals surface area contributed by atoms with Gasteiger partial charge in [-0.25, -0.2) is 16.8 Å². The fraction of sp³-hybridized carbons (Fsp3) is 0.364. The van der Waals surface area contributed by atoms with Crippen LogP contribution in [0, 0.1) is 6.92 Å². The lowest BCUT2D eigenvalue weighted by atomic mass is 10.2. The predicted octanol–water partition coefficient (Wildman–Crippen LogP) is 3.09. The highest BCUT2D eigenvalue weighted by molar-refractivity contribution is 8.15. The van der Waals surface area contributed by atoms with Crippen molar-refractivity contribution in [2.24, 2.45) is 4.99 Å². The summed E-state index contributed by atoms with van der Waals surface area (Å²) >= 11 is 2.66. The van der Waals surface area contributed by atoms with Gasteiger partial charge in [0.15, 0.2) is 0 Å².